The van der Waals surface area contributed by atoms with Crippen LogP contribution in [0.2, 0.25) is 0 Å². The predicted octanol–water partition coefficient (Wildman–Crippen LogP) is 2.02. The maximum absolute atomic E-state index is 13.0. The molecule has 0 radical (unpaired) electrons. The zero-order chi connectivity index (χ0) is 21.0. The van der Waals surface area contributed by atoms with E-state index < -0.39 is 0 Å². The predicted molar refractivity (Wildman–Crippen MR) is 106 cm³/mol. The fourth-order valence-corrected chi connectivity index (χ4v) is 3.33. The van der Waals surface area contributed by atoms with Gasteiger partial charge in [0, 0.05) is 36.9 Å². The second kappa shape index (κ2) is 9.09. The molecule has 0 fully saturated rings. The zero-order valence-corrected chi connectivity index (χ0v) is 17.3. The summed E-state index contributed by atoms with van der Waals surface area (Å²) in [7, 11) is 1.58. The number of amides is 2. The first-order chi connectivity index (χ1) is 13.9. The quantitative estimate of drug-likeness (QED) is 0.745. The van der Waals surface area contributed by atoms with Gasteiger partial charge in [0.15, 0.2) is 0 Å². The van der Waals surface area contributed by atoms with E-state index in [1.54, 1.807) is 37.1 Å². The molecule has 3 rings (SSSR count). The Balaban J connectivity index is 1.78. The summed E-state index contributed by atoms with van der Waals surface area (Å²) >= 11 is 0. The van der Waals surface area contributed by atoms with Crippen molar-refractivity contribution in [3.05, 3.63) is 46.3 Å². The maximum atomic E-state index is 13.0. The minimum absolute atomic E-state index is 0.0294. The van der Waals surface area contributed by atoms with Gasteiger partial charge >= 0.3 is 0 Å². The van der Waals surface area contributed by atoms with Gasteiger partial charge in [0.05, 0.1) is 24.8 Å². The average molecular weight is 401 g/mol. The Bertz CT molecular complexity index is 873. The van der Waals surface area contributed by atoms with Crippen molar-refractivity contribution >= 4 is 11.8 Å². The molecule has 2 aromatic rings. The Morgan fingerprint density at radius 3 is 2.83 bits per heavy atom. The van der Waals surface area contributed by atoms with Crippen LogP contribution in [0.4, 0.5) is 0 Å². The van der Waals surface area contributed by atoms with Crippen LogP contribution < -0.4 is 10.1 Å². The van der Waals surface area contributed by atoms with E-state index in [9.17, 15) is 9.59 Å². The van der Waals surface area contributed by atoms with Crippen LogP contribution in [0.25, 0.3) is 0 Å². The molecule has 1 aliphatic heterocycles. The summed E-state index contributed by atoms with van der Waals surface area (Å²) in [6.45, 7) is 7.23. The molecule has 29 heavy (non-hydrogen) atoms. The molecule has 156 valence electrons. The van der Waals surface area contributed by atoms with Gasteiger partial charge in [-0.05, 0) is 39.0 Å². The minimum atomic E-state index is -0.184. The van der Waals surface area contributed by atoms with Gasteiger partial charge in [0.1, 0.15) is 18.1 Å². The van der Waals surface area contributed by atoms with Crippen LogP contribution in [0.3, 0.4) is 0 Å². The number of carbonyl (C=O) groups is 2. The number of rotatable bonds is 6. The molecule has 1 aliphatic rings. The molecular formula is C21H27N3O5. The molecule has 0 saturated carbocycles. The standard InChI is InChI=1S/C21H27N3O5/c1-13-12-28-19-6-5-16(21(26)22-7-8-27-4)9-17(19)11-24(13)20(25)10-18-14(2)23-29-15(18)3/h5-6,9,13H,7-8,10-12H2,1-4H3,(H,22,26)/t13-/m0/s1. The molecule has 1 aromatic carbocycles. The summed E-state index contributed by atoms with van der Waals surface area (Å²) in [5, 5.41) is 6.73. The number of hydrogen-bond acceptors (Lipinski definition) is 6. The second-order valence-corrected chi connectivity index (χ2v) is 7.23. The number of ether oxygens (including phenoxy) is 2. The van der Waals surface area contributed by atoms with Gasteiger partial charge in [-0.2, -0.15) is 0 Å². The van der Waals surface area contributed by atoms with Crippen molar-refractivity contribution in [2.45, 2.75) is 39.8 Å². The Morgan fingerprint density at radius 1 is 1.34 bits per heavy atom. The van der Waals surface area contributed by atoms with E-state index in [4.69, 9.17) is 14.0 Å². The highest BCUT2D eigenvalue weighted by Crippen LogP contribution is 2.27. The number of nitrogens with one attached hydrogen (secondary N) is 1. The molecule has 0 saturated heterocycles. The van der Waals surface area contributed by atoms with Crippen LogP contribution >= 0.6 is 0 Å². The minimum Gasteiger partial charge on any atom is -0.491 e. The fourth-order valence-electron chi connectivity index (χ4n) is 3.33. The third kappa shape index (κ3) is 4.76. The first-order valence-electron chi connectivity index (χ1n) is 9.64. The Morgan fingerprint density at radius 2 is 2.14 bits per heavy atom. The number of hydrogen-bond donors (Lipinski definition) is 1. The maximum Gasteiger partial charge on any atom is 0.251 e. The highest BCUT2D eigenvalue weighted by molar-refractivity contribution is 5.94. The van der Waals surface area contributed by atoms with Gasteiger partial charge in [0.25, 0.3) is 5.91 Å². The molecule has 8 heteroatoms. The number of benzene rings is 1. The van der Waals surface area contributed by atoms with Crippen LogP contribution in [0.1, 0.15) is 39.9 Å². The van der Waals surface area contributed by atoms with E-state index >= 15 is 0 Å². The molecule has 2 heterocycles. The first-order valence-corrected chi connectivity index (χ1v) is 9.64. The fraction of sp³-hybridized carbons (Fsp3) is 0.476. The van der Waals surface area contributed by atoms with E-state index in [0.29, 0.717) is 43.4 Å². The zero-order valence-electron chi connectivity index (χ0n) is 17.3. The van der Waals surface area contributed by atoms with Crippen molar-refractivity contribution in [2.24, 2.45) is 0 Å². The molecule has 1 aromatic heterocycles. The summed E-state index contributed by atoms with van der Waals surface area (Å²) < 4.78 is 16.0. The second-order valence-electron chi connectivity index (χ2n) is 7.23. The Kier molecular flexibility index (Phi) is 6.53. The third-order valence-electron chi connectivity index (χ3n) is 5.10. The van der Waals surface area contributed by atoms with Gasteiger partial charge in [-0.1, -0.05) is 5.16 Å². The molecule has 1 atom stereocenters. The van der Waals surface area contributed by atoms with Crippen molar-refractivity contribution in [3.8, 4) is 5.75 Å². The van der Waals surface area contributed by atoms with E-state index in [1.807, 2.05) is 13.8 Å². The molecule has 0 spiro atoms. The number of aromatic nitrogens is 1. The third-order valence-corrected chi connectivity index (χ3v) is 5.10. The number of methoxy groups -OCH3 is 1. The van der Waals surface area contributed by atoms with Crippen molar-refractivity contribution < 1.29 is 23.6 Å². The van der Waals surface area contributed by atoms with Gasteiger partial charge in [-0.25, -0.2) is 0 Å². The Labute approximate surface area is 170 Å². The van der Waals surface area contributed by atoms with E-state index in [2.05, 4.69) is 10.5 Å². The molecule has 0 unspecified atom stereocenters. The summed E-state index contributed by atoms with van der Waals surface area (Å²) in [5.74, 6) is 1.14. The lowest BCUT2D eigenvalue weighted by molar-refractivity contribution is -0.133. The summed E-state index contributed by atoms with van der Waals surface area (Å²) in [6, 6.07) is 5.20. The van der Waals surface area contributed by atoms with Crippen molar-refractivity contribution in [1.29, 1.82) is 0 Å². The lowest BCUT2D eigenvalue weighted by atomic mass is 10.1. The van der Waals surface area contributed by atoms with E-state index in [0.717, 1.165) is 16.8 Å². The van der Waals surface area contributed by atoms with Crippen molar-refractivity contribution in [2.75, 3.05) is 26.9 Å². The van der Waals surface area contributed by atoms with Crippen molar-refractivity contribution in [1.82, 2.24) is 15.4 Å². The van der Waals surface area contributed by atoms with Crippen LogP contribution in [0, 0.1) is 13.8 Å². The van der Waals surface area contributed by atoms with Gasteiger partial charge in [-0.15, -0.1) is 0 Å². The van der Waals surface area contributed by atoms with Crippen LogP contribution in [-0.4, -0.2) is 54.8 Å². The number of nitrogens with zero attached hydrogens (tertiary/aromatic N) is 2. The summed E-state index contributed by atoms with van der Waals surface area (Å²) in [6.07, 6.45) is 0.220. The van der Waals surface area contributed by atoms with Gasteiger partial charge in [-0.3, -0.25) is 9.59 Å². The largest absolute Gasteiger partial charge is 0.491 e. The lowest BCUT2D eigenvalue weighted by Gasteiger charge is -2.26. The SMILES string of the molecule is COCCNC(=O)c1ccc2c(c1)CN(C(=O)Cc1c(C)noc1C)[C@@H](C)CO2. The summed E-state index contributed by atoms with van der Waals surface area (Å²) in [5.41, 5.74) is 2.88. The van der Waals surface area contributed by atoms with Crippen LogP contribution in [0.5, 0.6) is 5.75 Å². The average Bonchev–Trinajstić information content (AvgIpc) is 2.92. The highest BCUT2D eigenvalue weighted by Gasteiger charge is 2.27. The van der Waals surface area contributed by atoms with Crippen molar-refractivity contribution in [3.63, 3.8) is 0 Å². The molecule has 1 N–H and O–H groups in total. The lowest BCUT2D eigenvalue weighted by Crippen LogP contribution is -2.40. The molecule has 0 bridgehead atoms. The normalized spacial score (nSPS) is 16.0. The van der Waals surface area contributed by atoms with E-state index in [1.165, 1.54) is 0 Å². The molecule has 8 nitrogen and oxygen atoms in total. The number of fused-ring (bicyclic) bond motifs is 1. The molecule has 2 amide bonds. The number of aryl methyl sites for hydroxylation is 2. The Hall–Kier alpha value is -2.87. The molecular weight excluding hydrogens is 374 g/mol. The topological polar surface area (TPSA) is 93.9 Å². The van der Waals surface area contributed by atoms with Gasteiger partial charge in [0.2, 0.25) is 5.91 Å². The van der Waals surface area contributed by atoms with Crippen LogP contribution in [-0.2, 0) is 22.5 Å². The number of carbonyl (C=O) groups excluding carboxylic acids is 2. The molecule has 0 aliphatic carbocycles. The smallest absolute Gasteiger partial charge is 0.251 e. The van der Waals surface area contributed by atoms with Crippen LogP contribution in [0.15, 0.2) is 22.7 Å². The van der Waals surface area contributed by atoms with Gasteiger partial charge < -0.3 is 24.2 Å². The first kappa shape index (κ1) is 20.9. The monoisotopic (exact) mass is 401 g/mol. The highest BCUT2D eigenvalue weighted by atomic mass is 16.5. The van der Waals surface area contributed by atoms with E-state index in [-0.39, 0.29) is 24.3 Å². The summed E-state index contributed by atoms with van der Waals surface area (Å²) in [4.78, 5) is 27.2.